The molecular weight excluding hydrogens is 332 g/mol. The molecule has 1 aromatic rings. The third-order valence-corrected chi connectivity index (χ3v) is 5.42. The molecule has 1 aliphatic carbocycles. The quantitative estimate of drug-likeness (QED) is 0.596. The SMILES string of the molecule is COC(=O)c1c(C)c(C(=O)CN(C(=O)C2CCC2)C(C)(C)C)c(C)n1C. The van der Waals surface area contributed by atoms with E-state index in [0.29, 0.717) is 22.5 Å². The monoisotopic (exact) mass is 362 g/mol. The second-order valence-corrected chi connectivity index (χ2v) is 8.13. The summed E-state index contributed by atoms with van der Waals surface area (Å²) in [5.41, 5.74) is 1.75. The van der Waals surface area contributed by atoms with Gasteiger partial charge in [0.05, 0.1) is 13.7 Å². The summed E-state index contributed by atoms with van der Waals surface area (Å²) in [4.78, 5) is 39.7. The minimum Gasteiger partial charge on any atom is -0.464 e. The summed E-state index contributed by atoms with van der Waals surface area (Å²) in [7, 11) is 3.07. The highest BCUT2D eigenvalue weighted by molar-refractivity contribution is 6.04. The number of rotatable bonds is 5. The highest BCUT2D eigenvalue weighted by Gasteiger charge is 2.37. The highest BCUT2D eigenvalue weighted by atomic mass is 16.5. The van der Waals surface area contributed by atoms with Gasteiger partial charge in [-0.2, -0.15) is 0 Å². The van der Waals surface area contributed by atoms with Crippen LogP contribution in [0.5, 0.6) is 0 Å². The van der Waals surface area contributed by atoms with Gasteiger partial charge in [0.25, 0.3) is 0 Å². The van der Waals surface area contributed by atoms with E-state index in [2.05, 4.69) is 0 Å². The first kappa shape index (κ1) is 20.2. The van der Waals surface area contributed by atoms with Gasteiger partial charge in [-0.1, -0.05) is 6.42 Å². The summed E-state index contributed by atoms with van der Waals surface area (Å²) < 4.78 is 6.52. The van der Waals surface area contributed by atoms with Crippen molar-refractivity contribution in [1.82, 2.24) is 9.47 Å². The van der Waals surface area contributed by atoms with E-state index in [9.17, 15) is 14.4 Å². The van der Waals surface area contributed by atoms with Crippen molar-refractivity contribution in [3.8, 4) is 0 Å². The van der Waals surface area contributed by atoms with Gasteiger partial charge in [0.1, 0.15) is 5.69 Å². The van der Waals surface area contributed by atoms with E-state index in [1.807, 2.05) is 27.7 Å². The predicted octanol–water partition coefficient (Wildman–Crippen LogP) is 3.04. The Bertz CT molecular complexity index is 736. The lowest BCUT2D eigenvalue weighted by atomic mass is 9.83. The maximum atomic E-state index is 13.1. The number of amides is 1. The van der Waals surface area contributed by atoms with Crippen LogP contribution in [-0.2, 0) is 16.6 Å². The molecule has 1 fully saturated rings. The van der Waals surface area contributed by atoms with Gasteiger partial charge >= 0.3 is 5.97 Å². The van der Waals surface area contributed by atoms with Gasteiger partial charge in [-0.25, -0.2) is 4.79 Å². The third kappa shape index (κ3) is 3.55. The van der Waals surface area contributed by atoms with Crippen LogP contribution >= 0.6 is 0 Å². The Kier molecular flexibility index (Phi) is 5.64. The zero-order chi connectivity index (χ0) is 19.8. The molecule has 0 N–H and O–H groups in total. The lowest BCUT2D eigenvalue weighted by Crippen LogP contribution is -2.51. The van der Waals surface area contributed by atoms with Crippen LogP contribution in [0.15, 0.2) is 0 Å². The number of esters is 1. The molecule has 1 aliphatic rings. The molecule has 0 radical (unpaired) electrons. The van der Waals surface area contributed by atoms with Crippen molar-refractivity contribution in [2.75, 3.05) is 13.7 Å². The first-order valence-corrected chi connectivity index (χ1v) is 9.09. The fourth-order valence-corrected chi connectivity index (χ4v) is 3.52. The van der Waals surface area contributed by atoms with Crippen molar-refractivity contribution in [2.45, 2.75) is 59.4 Å². The summed E-state index contributed by atoms with van der Waals surface area (Å²) in [5, 5.41) is 0. The van der Waals surface area contributed by atoms with E-state index >= 15 is 0 Å². The van der Waals surface area contributed by atoms with Crippen molar-refractivity contribution in [1.29, 1.82) is 0 Å². The Hall–Kier alpha value is -2.11. The molecule has 0 spiro atoms. The lowest BCUT2D eigenvalue weighted by molar-refractivity contribution is -0.142. The van der Waals surface area contributed by atoms with Crippen molar-refractivity contribution >= 4 is 17.7 Å². The summed E-state index contributed by atoms with van der Waals surface area (Å²) in [6.07, 6.45) is 2.87. The van der Waals surface area contributed by atoms with Crippen molar-refractivity contribution < 1.29 is 19.1 Å². The molecule has 1 saturated carbocycles. The number of hydrogen-bond donors (Lipinski definition) is 0. The number of hydrogen-bond acceptors (Lipinski definition) is 4. The number of methoxy groups -OCH3 is 1. The summed E-state index contributed by atoms with van der Waals surface area (Å²) >= 11 is 0. The third-order valence-electron chi connectivity index (χ3n) is 5.42. The predicted molar refractivity (Wildman–Crippen MR) is 99.4 cm³/mol. The van der Waals surface area contributed by atoms with E-state index in [1.54, 1.807) is 23.4 Å². The van der Waals surface area contributed by atoms with Gasteiger partial charge < -0.3 is 14.2 Å². The number of carbonyl (C=O) groups is 3. The maximum absolute atomic E-state index is 13.1. The molecule has 1 aromatic heterocycles. The molecule has 2 rings (SSSR count). The van der Waals surface area contributed by atoms with Crippen LogP contribution in [0.1, 0.15) is 72.1 Å². The molecule has 26 heavy (non-hydrogen) atoms. The summed E-state index contributed by atoms with van der Waals surface area (Å²) in [5.74, 6) is -0.527. The van der Waals surface area contributed by atoms with E-state index in [-0.39, 0.29) is 24.2 Å². The molecule has 1 heterocycles. The largest absolute Gasteiger partial charge is 0.464 e. The van der Waals surface area contributed by atoms with Gasteiger partial charge in [0.15, 0.2) is 5.78 Å². The minimum absolute atomic E-state index is 0.0190. The smallest absolute Gasteiger partial charge is 0.354 e. The van der Waals surface area contributed by atoms with Crippen LogP contribution in [0.2, 0.25) is 0 Å². The Balaban J connectivity index is 2.35. The van der Waals surface area contributed by atoms with Gasteiger partial charge in [-0.05, 0) is 53.0 Å². The second kappa shape index (κ2) is 7.25. The van der Waals surface area contributed by atoms with E-state index in [0.717, 1.165) is 19.3 Å². The van der Waals surface area contributed by atoms with Crippen molar-refractivity contribution in [2.24, 2.45) is 13.0 Å². The van der Waals surface area contributed by atoms with Crippen molar-refractivity contribution in [3.05, 3.63) is 22.5 Å². The Morgan fingerprint density at radius 1 is 1.19 bits per heavy atom. The fourth-order valence-electron chi connectivity index (χ4n) is 3.52. The first-order valence-electron chi connectivity index (χ1n) is 9.09. The minimum atomic E-state index is -0.467. The van der Waals surface area contributed by atoms with Crippen LogP contribution in [0.3, 0.4) is 0 Å². The fraction of sp³-hybridized carbons (Fsp3) is 0.650. The Morgan fingerprint density at radius 2 is 1.77 bits per heavy atom. The van der Waals surface area contributed by atoms with Gasteiger partial charge in [-0.15, -0.1) is 0 Å². The van der Waals surface area contributed by atoms with Crippen molar-refractivity contribution in [3.63, 3.8) is 0 Å². The second-order valence-electron chi connectivity index (χ2n) is 8.13. The molecule has 0 atom stereocenters. The average Bonchev–Trinajstić information content (AvgIpc) is 2.71. The number of ketones is 1. The Morgan fingerprint density at radius 3 is 2.19 bits per heavy atom. The highest BCUT2D eigenvalue weighted by Crippen LogP contribution is 2.31. The summed E-state index contributed by atoms with van der Waals surface area (Å²) in [6, 6.07) is 0. The molecule has 1 amide bonds. The molecule has 0 aliphatic heterocycles. The molecule has 0 aromatic carbocycles. The first-order chi connectivity index (χ1) is 12.0. The van der Waals surface area contributed by atoms with Crippen LogP contribution in [0.25, 0.3) is 0 Å². The van der Waals surface area contributed by atoms with E-state index in [4.69, 9.17) is 4.74 Å². The zero-order valence-electron chi connectivity index (χ0n) is 16.9. The topological polar surface area (TPSA) is 68.6 Å². The number of ether oxygens (including phenoxy) is 1. The molecule has 0 unspecified atom stereocenters. The number of Topliss-reactive ketones (excluding diaryl/α,β-unsaturated/α-hetero) is 1. The van der Waals surface area contributed by atoms with Crippen LogP contribution in [0, 0.1) is 19.8 Å². The zero-order valence-corrected chi connectivity index (χ0v) is 16.9. The average molecular weight is 362 g/mol. The number of aromatic nitrogens is 1. The van der Waals surface area contributed by atoms with E-state index < -0.39 is 11.5 Å². The molecule has 6 nitrogen and oxygen atoms in total. The van der Waals surface area contributed by atoms with Crippen LogP contribution in [-0.4, -0.2) is 46.3 Å². The van der Waals surface area contributed by atoms with Gasteiger partial charge in [-0.3, -0.25) is 9.59 Å². The number of nitrogens with zero attached hydrogens (tertiary/aromatic N) is 2. The molecule has 0 saturated heterocycles. The van der Waals surface area contributed by atoms with Crippen LogP contribution < -0.4 is 0 Å². The molecule has 0 bridgehead atoms. The molecular formula is C20H30N2O4. The lowest BCUT2D eigenvalue weighted by Gasteiger charge is -2.39. The van der Waals surface area contributed by atoms with E-state index in [1.165, 1.54) is 7.11 Å². The van der Waals surface area contributed by atoms with Gasteiger partial charge in [0.2, 0.25) is 5.91 Å². The van der Waals surface area contributed by atoms with Gasteiger partial charge in [0, 0.05) is 29.8 Å². The molecule has 6 heteroatoms. The maximum Gasteiger partial charge on any atom is 0.354 e. The van der Waals surface area contributed by atoms with Crippen LogP contribution in [0.4, 0.5) is 0 Å². The summed E-state index contributed by atoms with van der Waals surface area (Å²) in [6.45, 7) is 9.42. The molecule has 144 valence electrons. The number of carbonyl (C=O) groups excluding carboxylic acids is 3. The standard InChI is InChI=1S/C20H30N2O4/c1-12-16(13(2)21(6)17(12)19(25)26-7)15(23)11-22(20(3,4)5)18(24)14-9-8-10-14/h14H,8-11H2,1-7H3. The normalized spacial score (nSPS) is 14.7. The Labute approximate surface area is 155 Å².